The third kappa shape index (κ3) is 3.07. The van der Waals surface area contributed by atoms with Gasteiger partial charge in [0.05, 0.1) is 17.0 Å². The van der Waals surface area contributed by atoms with Crippen LogP contribution in [-0.2, 0) is 11.3 Å². The second-order valence-electron chi connectivity index (χ2n) is 6.34. The van der Waals surface area contributed by atoms with Crippen molar-refractivity contribution in [3.05, 3.63) is 69.2 Å². The van der Waals surface area contributed by atoms with Crippen LogP contribution < -0.4 is 16.6 Å². The molecule has 9 nitrogen and oxygen atoms in total. The van der Waals surface area contributed by atoms with Crippen LogP contribution >= 0.6 is 0 Å². The number of benzene rings is 1. The highest BCUT2D eigenvalue weighted by atomic mass is 16.4. The second kappa shape index (κ2) is 7.10. The van der Waals surface area contributed by atoms with Gasteiger partial charge in [-0.15, -0.1) is 0 Å². The number of nitrogens with one attached hydrogen (secondary N) is 2. The standard InChI is InChI=1S/C19H17N5O4/c1-11(15-12-5-2-3-6-13(12)18(26)23-22-15)17(25)21-9-10-24-16-14(28-19(24)27)7-4-8-20-16/h2-8,11H,9-10H2,1H3,(H,21,25)(H,23,26). The van der Waals surface area contributed by atoms with Gasteiger partial charge in [0.25, 0.3) is 5.56 Å². The number of carbonyl (C=O) groups excluding carboxylic acids is 1. The Bertz CT molecular complexity index is 1290. The minimum absolute atomic E-state index is 0.218. The molecule has 0 bridgehead atoms. The molecule has 9 heteroatoms. The van der Waals surface area contributed by atoms with Crippen LogP contribution in [0.2, 0.25) is 0 Å². The van der Waals surface area contributed by atoms with E-state index in [1.54, 1.807) is 49.5 Å². The lowest BCUT2D eigenvalue weighted by atomic mass is 10.0. The fraction of sp³-hybridized carbons (Fsp3) is 0.211. The molecule has 142 valence electrons. The number of pyridine rings is 1. The number of oxazole rings is 1. The summed E-state index contributed by atoms with van der Waals surface area (Å²) < 4.78 is 6.49. The molecule has 3 aromatic heterocycles. The average Bonchev–Trinajstić information content (AvgIpc) is 3.03. The van der Waals surface area contributed by atoms with Crippen LogP contribution in [-0.4, -0.2) is 32.2 Å². The highest BCUT2D eigenvalue weighted by Crippen LogP contribution is 2.20. The Morgan fingerprint density at radius 3 is 2.82 bits per heavy atom. The molecule has 4 rings (SSSR count). The van der Waals surface area contributed by atoms with Crippen molar-refractivity contribution in [2.24, 2.45) is 0 Å². The molecule has 0 aliphatic carbocycles. The van der Waals surface area contributed by atoms with Crippen LogP contribution in [0, 0.1) is 0 Å². The summed E-state index contributed by atoms with van der Waals surface area (Å²) in [5.74, 6) is -1.37. The predicted octanol–water partition coefficient (Wildman–Crippen LogP) is 1.15. The Kier molecular flexibility index (Phi) is 4.48. The molecule has 0 saturated carbocycles. The molecular weight excluding hydrogens is 362 g/mol. The van der Waals surface area contributed by atoms with Crippen molar-refractivity contribution in [2.75, 3.05) is 6.54 Å². The molecule has 1 aromatic carbocycles. The van der Waals surface area contributed by atoms with E-state index in [0.717, 1.165) is 0 Å². The monoisotopic (exact) mass is 379 g/mol. The predicted molar refractivity (Wildman–Crippen MR) is 102 cm³/mol. The summed E-state index contributed by atoms with van der Waals surface area (Å²) >= 11 is 0. The number of carbonyl (C=O) groups is 1. The highest BCUT2D eigenvalue weighted by molar-refractivity contribution is 5.90. The first-order chi connectivity index (χ1) is 13.6. The molecule has 0 fully saturated rings. The van der Waals surface area contributed by atoms with E-state index in [2.05, 4.69) is 20.5 Å². The van der Waals surface area contributed by atoms with E-state index >= 15 is 0 Å². The summed E-state index contributed by atoms with van der Waals surface area (Å²) in [5.41, 5.74) is 1.02. The van der Waals surface area contributed by atoms with Gasteiger partial charge in [-0.05, 0) is 25.1 Å². The number of rotatable bonds is 5. The van der Waals surface area contributed by atoms with E-state index in [1.165, 1.54) is 4.57 Å². The van der Waals surface area contributed by atoms with Crippen molar-refractivity contribution < 1.29 is 9.21 Å². The lowest BCUT2D eigenvalue weighted by molar-refractivity contribution is -0.122. The summed E-state index contributed by atoms with van der Waals surface area (Å²) in [7, 11) is 0. The van der Waals surface area contributed by atoms with Gasteiger partial charge in [-0.1, -0.05) is 18.2 Å². The number of aromatic nitrogens is 4. The summed E-state index contributed by atoms with van der Waals surface area (Å²) in [6, 6.07) is 10.3. The van der Waals surface area contributed by atoms with Crippen LogP contribution in [0.5, 0.6) is 0 Å². The third-order valence-corrected chi connectivity index (χ3v) is 4.59. The molecular formula is C19H17N5O4. The lowest BCUT2D eigenvalue weighted by Crippen LogP contribution is -2.33. The SMILES string of the molecule is CC(C(=O)NCCn1c(=O)oc2cccnc21)c1n[nH]c(=O)c2ccccc12. The molecule has 1 amide bonds. The fourth-order valence-electron chi connectivity index (χ4n) is 3.13. The molecule has 1 atom stereocenters. The molecule has 0 aliphatic heterocycles. The molecule has 0 aliphatic rings. The van der Waals surface area contributed by atoms with Crippen molar-refractivity contribution in [1.29, 1.82) is 0 Å². The van der Waals surface area contributed by atoms with Gasteiger partial charge < -0.3 is 9.73 Å². The van der Waals surface area contributed by atoms with Crippen molar-refractivity contribution in [1.82, 2.24) is 25.1 Å². The first-order valence-electron chi connectivity index (χ1n) is 8.75. The van der Waals surface area contributed by atoms with Crippen molar-refractivity contribution in [3.63, 3.8) is 0 Å². The molecule has 2 N–H and O–H groups in total. The van der Waals surface area contributed by atoms with Gasteiger partial charge in [0.15, 0.2) is 11.2 Å². The van der Waals surface area contributed by atoms with Gasteiger partial charge in [-0.25, -0.2) is 14.9 Å². The number of H-pyrrole nitrogens is 1. The van der Waals surface area contributed by atoms with Crippen molar-refractivity contribution in [3.8, 4) is 0 Å². The Balaban J connectivity index is 1.50. The summed E-state index contributed by atoms with van der Waals surface area (Å²) in [5, 5.41) is 10.4. The van der Waals surface area contributed by atoms with Gasteiger partial charge >= 0.3 is 5.76 Å². The number of hydrogen-bond acceptors (Lipinski definition) is 6. The van der Waals surface area contributed by atoms with Crippen LogP contribution in [0.25, 0.3) is 22.0 Å². The summed E-state index contributed by atoms with van der Waals surface area (Å²) in [6.07, 6.45) is 1.57. The molecule has 0 spiro atoms. The molecule has 0 radical (unpaired) electrons. The molecule has 3 heterocycles. The van der Waals surface area contributed by atoms with E-state index in [-0.39, 0.29) is 24.6 Å². The van der Waals surface area contributed by atoms with Gasteiger partial charge in [-0.3, -0.25) is 14.2 Å². The lowest BCUT2D eigenvalue weighted by Gasteiger charge is -2.13. The number of amides is 1. The number of hydrogen-bond donors (Lipinski definition) is 2. The van der Waals surface area contributed by atoms with Gasteiger partial charge in [-0.2, -0.15) is 5.10 Å². The van der Waals surface area contributed by atoms with E-state index in [1.807, 2.05) is 0 Å². The minimum Gasteiger partial charge on any atom is -0.406 e. The van der Waals surface area contributed by atoms with E-state index in [9.17, 15) is 14.4 Å². The largest absolute Gasteiger partial charge is 0.421 e. The molecule has 1 unspecified atom stereocenters. The van der Waals surface area contributed by atoms with Crippen molar-refractivity contribution >= 4 is 27.9 Å². The number of aromatic amines is 1. The van der Waals surface area contributed by atoms with E-state index in [4.69, 9.17) is 4.42 Å². The van der Waals surface area contributed by atoms with Gasteiger partial charge in [0, 0.05) is 24.7 Å². The Morgan fingerprint density at radius 1 is 1.21 bits per heavy atom. The molecule has 4 aromatic rings. The normalized spacial score (nSPS) is 12.3. The highest BCUT2D eigenvalue weighted by Gasteiger charge is 2.20. The van der Waals surface area contributed by atoms with Gasteiger partial charge in [0.2, 0.25) is 5.91 Å². The Labute approximate surface area is 158 Å². The van der Waals surface area contributed by atoms with E-state index < -0.39 is 11.7 Å². The zero-order chi connectivity index (χ0) is 19.7. The fourth-order valence-corrected chi connectivity index (χ4v) is 3.13. The molecule has 28 heavy (non-hydrogen) atoms. The zero-order valence-electron chi connectivity index (χ0n) is 15.0. The Hall–Kier alpha value is -3.75. The second-order valence-corrected chi connectivity index (χ2v) is 6.34. The summed E-state index contributed by atoms with van der Waals surface area (Å²) in [6.45, 7) is 2.15. The topological polar surface area (TPSA) is 123 Å². The smallest absolute Gasteiger partial charge is 0.406 e. The van der Waals surface area contributed by atoms with Crippen LogP contribution in [0.1, 0.15) is 18.5 Å². The summed E-state index contributed by atoms with van der Waals surface area (Å²) in [4.78, 5) is 40.6. The number of fused-ring (bicyclic) bond motifs is 2. The van der Waals surface area contributed by atoms with Gasteiger partial charge in [0.1, 0.15) is 0 Å². The van der Waals surface area contributed by atoms with Crippen LogP contribution in [0.4, 0.5) is 0 Å². The van der Waals surface area contributed by atoms with Crippen LogP contribution in [0.15, 0.2) is 56.6 Å². The first kappa shape index (κ1) is 17.7. The first-order valence-corrected chi connectivity index (χ1v) is 8.75. The average molecular weight is 379 g/mol. The number of nitrogens with zero attached hydrogens (tertiary/aromatic N) is 3. The maximum Gasteiger partial charge on any atom is 0.421 e. The van der Waals surface area contributed by atoms with E-state index in [0.29, 0.717) is 27.7 Å². The zero-order valence-corrected chi connectivity index (χ0v) is 15.0. The quantitative estimate of drug-likeness (QED) is 0.536. The maximum atomic E-state index is 12.6. The van der Waals surface area contributed by atoms with Crippen molar-refractivity contribution in [2.45, 2.75) is 19.4 Å². The maximum absolute atomic E-state index is 12.6. The molecule has 0 saturated heterocycles. The third-order valence-electron chi connectivity index (χ3n) is 4.59. The van der Waals surface area contributed by atoms with Crippen LogP contribution in [0.3, 0.4) is 0 Å². The Morgan fingerprint density at radius 2 is 2.00 bits per heavy atom. The minimum atomic E-state index is -0.585.